The lowest BCUT2D eigenvalue weighted by Crippen LogP contribution is -2.39. The molecule has 1 aromatic carbocycles. The topological polar surface area (TPSA) is 101 Å². The number of halogens is 1. The lowest BCUT2D eigenvalue weighted by Gasteiger charge is -2.23. The van der Waals surface area contributed by atoms with Gasteiger partial charge in [0, 0.05) is 31.7 Å². The maximum Gasteiger partial charge on any atom is 0.268 e. The molecule has 1 aromatic rings. The van der Waals surface area contributed by atoms with Gasteiger partial charge < -0.3 is 10.6 Å². The Morgan fingerprint density at radius 1 is 1.39 bits per heavy atom. The first-order chi connectivity index (χ1) is 10.3. The number of fused-ring (bicyclic) bond motifs is 1. The van der Waals surface area contributed by atoms with Crippen LogP contribution in [0.1, 0.15) is 34.6 Å². The van der Waals surface area contributed by atoms with Crippen LogP contribution in [-0.2, 0) is 10.0 Å². The summed E-state index contributed by atoms with van der Waals surface area (Å²) in [7, 11) is -2.26. The van der Waals surface area contributed by atoms with Crippen molar-refractivity contribution in [3.05, 3.63) is 29.3 Å². The molecule has 128 valence electrons. The van der Waals surface area contributed by atoms with E-state index in [1.54, 1.807) is 20.9 Å². The Bertz CT molecular complexity index is 736. The molecule has 0 fully saturated rings. The summed E-state index contributed by atoms with van der Waals surface area (Å²) >= 11 is 0. The molecule has 1 atom stereocenters. The number of carbonyl (C=O) groups is 2. The van der Waals surface area contributed by atoms with Crippen LogP contribution in [0.3, 0.4) is 0 Å². The zero-order chi connectivity index (χ0) is 16.7. The highest BCUT2D eigenvalue weighted by Gasteiger charge is 2.40. The van der Waals surface area contributed by atoms with Crippen molar-refractivity contribution in [1.82, 2.24) is 9.21 Å². The van der Waals surface area contributed by atoms with Crippen molar-refractivity contribution in [2.24, 2.45) is 5.73 Å². The highest BCUT2D eigenvalue weighted by atomic mass is 35.5. The van der Waals surface area contributed by atoms with E-state index in [2.05, 4.69) is 0 Å². The second kappa shape index (κ2) is 6.86. The number of nitrogens with zero attached hydrogens (tertiary/aromatic N) is 2. The highest BCUT2D eigenvalue weighted by molar-refractivity contribution is 7.90. The van der Waals surface area contributed by atoms with Crippen LogP contribution >= 0.6 is 12.4 Å². The van der Waals surface area contributed by atoms with E-state index < -0.39 is 15.9 Å². The largest absolute Gasteiger partial charge is 0.338 e. The van der Waals surface area contributed by atoms with Crippen molar-refractivity contribution in [2.45, 2.75) is 24.8 Å². The molecule has 1 heterocycles. The van der Waals surface area contributed by atoms with Gasteiger partial charge in [-0.3, -0.25) is 9.59 Å². The van der Waals surface area contributed by atoms with E-state index in [0.29, 0.717) is 6.54 Å². The molecule has 7 nitrogen and oxygen atoms in total. The molecule has 9 heteroatoms. The Balaban J connectivity index is 0.00000264. The van der Waals surface area contributed by atoms with E-state index in [-0.39, 0.29) is 46.9 Å². The lowest BCUT2D eigenvalue weighted by atomic mass is 10.1. The van der Waals surface area contributed by atoms with Crippen molar-refractivity contribution >= 4 is 34.2 Å². The molecule has 0 radical (unpaired) electrons. The Morgan fingerprint density at radius 3 is 2.52 bits per heavy atom. The molecule has 2 rings (SSSR count). The molecule has 23 heavy (non-hydrogen) atoms. The van der Waals surface area contributed by atoms with Crippen molar-refractivity contribution in [3.63, 3.8) is 0 Å². The predicted molar refractivity (Wildman–Crippen MR) is 88.2 cm³/mol. The molecule has 2 amide bonds. The molecular formula is C14H20ClN3O4S. The molecule has 1 aliphatic rings. The number of hydrogen-bond donors (Lipinski definition) is 1. The summed E-state index contributed by atoms with van der Waals surface area (Å²) in [6.45, 7) is 3.74. The Morgan fingerprint density at radius 2 is 2.00 bits per heavy atom. The monoisotopic (exact) mass is 361 g/mol. The molecule has 1 aliphatic heterocycles. The molecule has 0 saturated carbocycles. The van der Waals surface area contributed by atoms with Crippen LogP contribution < -0.4 is 5.73 Å². The maximum atomic E-state index is 12.4. The minimum absolute atomic E-state index is 0. The Kier molecular flexibility index (Phi) is 5.79. The second-order valence-corrected chi connectivity index (χ2v) is 7.02. The number of sulfonamides is 1. The van der Waals surface area contributed by atoms with Gasteiger partial charge in [-0.2, -0.15) is 0 Å². The molecule has 0 aliphatic carbocycles. The number of carbonyl (C=O) groups excluding carboxylic acids is 2. The molecule has 0 saturated heterocycles. The van der Waals surface area contributed by atoms with Gasteiger partial charge >= 0.3 is 0 Å². The normalized spacial score (nSPS) is 16.5. The highest BCUT2D eigenvalue weighted by Crippen LogP contribution is 2.31. The summed E-state index contributed by atoms with van der Waals surface area (Å²) in [6.07, 6.45) is 0. The van der Waals surface area contributed by atoms with Crippen LogP contribution in [0.5, 0.6) is 0 Å². The third-order valence-electron chi connectivity index (χ3n) is 3.86. The summed E-state index contributed by atoms with van der Waals surface area (Å²) in [5.74, 6) is -0.890. The zero-order valence-corrected chi connectivity index (χ0v) is 14.8. The van der Waals surface area contributed by atoms with Gasteiger partial charge in [0.1, 0.15) is 4.90 Å². The number of hydrogen-bond acceptors (Lipinski definition) is 5. The third-order valence-corrected chi connectivity index (χ3v) is 5.76. The fourth-order valence-electron chi connectivity index (χ4n) is 2.28. The molecule has 2 N–H and O–H groups in total. The number of amides is 2. The summed E-state index contributed by atoms with van der Waals surface area (Å²) in [5.41, 5.74) is 5.86. The molecular weight excluding hydrogens is 342 g/mol. The van der Waals surface area contributed by atoms with Gasteiger partial charge in [0.25, 0.3) is 21.8 Å². The fraction of sp³-hybridized carbons (Fsp3) is 0.429. The van der Waals surface area contributed by atoms with Crippen molar-refractivity contribution in [2.75, 3.05) is 20.1 Å². The predicted octanol–water partition coefficient (Wildman–Crippen LogP) is 0.692. The van der Waals surface area contributed by atoms with Crippen LogP contribution in [0.4, 0.5) is 0 Å². The smallest absolute Gasteiger partial charge is 0.268 e. The van der Waals surface area contributed by atoms with Gasteiger partial charge in [-0.15, -0.1) is 12.4 Å². The fourth-order valence-corrected chi connectivity index (χ4v) is 3.89. The molecule has 0 bridgehead atoms. The van der Waals surface area contributed by atoms with E-state index in [1.165, 1.54) is 23.1 Å². The van der Waals surface area contributed by atoms with E-state index in [9.17, 15) is 18.0 Å². The van der Waals surface area contributed by atoms with Gasteiger partial charge in [-0.1, -0.05) is 0 Å². The zero-order valence-electron chi connectivity index (χ0n) is 13.1. The van der Waals surface area contributed by atoms with Gasteiger partial charge in [0.2, 0.25) is 0 Å². The van der Waals surface area contributed by atoms with Crippen molar-refractivity contribution < 1.29 is 18.0 Å². The average molecular weight is 362 g/mol. The molecule has 1 unspecified atom stereocenters. The standard InChI is InChI=1S/C14H19N3O4S.ClH/c1-4-17-14(19)11-6-5-10(7-12(11)22(17,20)21)13(18)16(3)9(2)8-15;/h5-7,9H,4,8,15H2,1-3H3;1H. The average Bonchev–Trinajstić information content (AvgIpc) is 2.70. The quantitative estimate of drug-likeness (QED) is 0.850. The first-order valence-electron chi connectivity index (χ1n) is 6.94. The summed E-state index contributed by atoms with van der Waals surface area (Å²) < 4.78 is 25.4. The van der Waals surface area contributed by atoms with Crippen LogP contribution in [0, 0.1) is 0 Å². The summed E-state index contributed by atoms with van der Waals surface area (Å²) in [4.78, 5) is 25.7. The van der Waals surface area contributed by atoms with E-state index in [0.717, 1.165) is 4.31 Å². The van der Waals surface area contributed by atoms with Crippen LogP contribution in [0.2, 0.25) is 0 Å². The molecule has 0 aromatic heterocycles. The summed E-state index contributed by atoms with van der Waals surface area (Å²) in [5, 5.41) is 0. The van der Waals surface area contributed by atoms with Crippen molar-refractivity contribution in [3.8, 4) is 0 Å². The van der Waals surface area contributed by atoms with Gasteiger partial charge in [0.05, 0.1) is 5.56 Å². The van der Waals surface area contributed by atoms with Gasteiger partial charge in [-0.25, -0.2) is 12.7 Å². The number of benzene rings is 1. The molecule has 0 spiro atoms. The summed E-state index contributed by atoms with van der Waals surface area (Å²) in [6, 6.07) is 3.94. The first-order valence-corrected chi connectivity index (χ1v) is 8.38. The lowest BCUT2D eigenvalue weighted by molar-refractivity contribution is 0.0747. The third kappa shape index (κ3) is 3.06. The van der Waals surface area contributed by atoms with Crippen LogP contribution in [0.15, 0.2) is 23.1 Å². The second-order valence-electron chi connectivity index (χ2n) is 5.19. The first kappa shape index (κ1) is 19.4. The Labute approximate surface area is 141 Å². The van der Waals surface area contributed by atoms with Gasteiger partial charge in [0.15, 0.2) is 0 Å². The van der Waals surface area contributed by atoms with Gasteiger partial charge in [-0.05, 0) is 32.0 Å². The van der Waals surface area contributed by atoms with E-state index in [1.807, 2.05) is 0 Å². The minimum atomic E-state index is -3.86. The van der Waals surface area contributed by atoms with Crippen molar-refractivity contribution in [1.29, 1.82) is 0 Å². The van der Waals surface area contributed by atoms with E-state index >= 15 is 0 Å². The van der Waals surface area contributed by atoms with Crippen LogP contribution in [-0.4, -0.2) is 55.6 Å². The number of rotatable bonds is 4. The number of nitrogens with two attached hydrogens (primary N) is 1. The SMILES string of the molecule is CCN1C(=O)c2ccc(C(=O)N(C)C(C)CN)cc2S1(=O)=O.Cl. The van der Waals surface area contributed by atoms with E-state index in [4.69, 9.17) is 5.73 Å². The number of likely N-dealkylation sites (N-methyl/N-ethyl adjacent to an activating group) is 1. The Hall–Kier alpha value is -1.64. The van der Waals surface area contributed by atoms with Crippen LogP contribution in [0.25, 0.3) is 0 Å². The minimum Gasteiger partial charge on any atom is -0.338 e. The maximum absolute atomic E-state index is 12.4.